The number of fused-ring (bicyclic) bond motifs is 1. The topological polar surface area (TPSA) is 37.4 Å². The number of alkyl halides is 3. The molecule has 2 atom stereocenters. The average Bonchev–Trinajstić information content (AvgIpc) is 2.82. The Morgan fingerprint density at radius 3 is 2.47 bits per heavy atom. The van der Waals surface area contributed by atoms with Crippen LogP contribution in [0.25, 0.3) is 22.3 Å². The molecule has 5 rings (SSSR count). The van der Waals surface area contributed by atoms with Gasteiger partial charge >= 0.3 is 6.18 Å². The second kappa shape index (κ2) is 9.00. The van der Waals surface area contributed by atoms with Gasteiger partial charge in [-0.2, -0.15) is 13.2 Å². The lowest BCUT2D eigenvalue weighted by Gasteiger charge is -2.43. The van der Waals surface area contributed by atoms with Crippen molar-refractivity contribution >= 4 is 5.69 Å². The molecule has 0 amide bonds. The van der Waals surface area contributed by atoms with Crippen LogP contribution in [0.5, 0.6) is 0 Å². The van der Waals surface area contributed by atoms with Crippen molar-refractivity contribution in [2.24, 2.45) is 0 Å². The number of aryl methyl sites for hydroxylation is 1. The van der Waals surface area contributed by atoms with Crippen molar-refractivity contribution in [1.82, 2.24) is 10.3 Å². The molecule has 1 N–H and O–H groups in total. The Morgan fingerprint density at radius 2 is 1.76 bits per heavy atom. The van der Waals surface area contributed by atoms with Crippen LogP contribution in [0.3, 0.4) is 0 Å². The van der Waals surface area contributed by atoms with E-state index in [0.29, 0.717) is 29.8 Å². The van der Waals surface area contributed by atoms with E-state index >= 15 is 0 Å². The maximum Gasteiger partial charge on any atom is 0.416 e. The number of nitrogens with zero attached hydrogens (tertiary/aromatic N) is 2. The molecule has 2 fully saturated rings. The molecule has 34 heavy (non-hydrogen) atoms. The number of anilines is 1. The number of pyridine rings is 1. The molecule has 4 nitrogen and oxygen atoms in total. The van der Waals surface area contributed by atoms with Gasteiger partial charge < -0.3 is 15.0 Å². The Bertz CT molecular complexity index is 1160. The predicted octanol–water partition coefficient (Wildman–Crippen LogP) is 5.45. The van der Waals surface area contributed by atoms with Gasteiger partial charge in [-0.3, -0.25) is 4.98 Å². The van der Waals surface area contributed by atoms with Gasteiger partial charge in [-0.25, -0.2) is 4.39 Å². The molecule has 2 aliphatic rings. The van der Waals surface area contributed by atoms with Crippen molar-refractivity contribution in [1.29, 1.82) is 0 Å². The molecule has 2 aliphatic heterocycles. The number of benzene rings is 2. The summed E-state index contributed by atoms with van der Waals surface area (Å²) in [5.74, 6) is -0.348. The smallest absolute Gasteiger partial charge is 0.373 e. The molecular formula is C26H25F4N3O. The zero-order valence-corrected chi connectivity index (χ0v) is 18.7. The standard InChI is InChI=1S/C26H25F4N3O/c1-16-10-18(12-20(27)11-16)22-14-31-13-21(17-2-4-19(5-3-17)26(28,29)30)25(22)33-8-6-23-24(15-33)34-9-7-32-23/h2-5,10-14,23-24,32H,6-9,15H2,1H3/t23-,24?/m1/s1. The van der Waals surface area contributed by atoms with E-state index in [4.69, 9.17) is 4.74 Å². The van der Waals surface area contributed by atoms with Gasteiger partial charge in [0.05, 0.1) is 24.0 Å². The number of ether oxygens (including phenoxy) is 1. The first-order chi connectivity index (χ1) is 16.3. The number of hydrogen-bond donors (Lipinski definition) is 1. The lowest BCUT2D eigenvalue weighted by atomic mass is 9.93. The van der Waals surface area contributed by atoms with Gasteiger partial charge in [0.15, 0.2) is 0 Å². The highest BCUT2D eigenvalue weighted by Gasteiger charge is 2.34. The summed E-state index contributed by atoms with van der Waals surface area (Å²) >= 11 is 0. The minimum atomic E-state index is -4.41. The first kappa shape index (κ1) is 22.8. The molecule has 0 radical (unpaired) electrons. The highest BCUT2D eigenvalue weighted by Crippen LogP contribution is 2.41. The van der Waals surface area contributed by atoms with Crippen LogP contribution in [0.2, 0.25) is 0 Å². The van der Waals surface area contributed by atoms with E-state index in [2.05, 4.69) is 15.2 Å². The number of halogens is 4. The second-order valence-corrected chi connectivity index (χ2v) is 8.88. The van der Waals surface area contributed by atoms with Gasteiger partial charge in [0, 0.05) is 49.2 Å². The fourth-order valence-corrected chi connectivity index (χ4v) is 4.92. The number of piperidine rings is 1. The zero-order valence-electron chi connectivity index (χ0n) is 18.7. The molecule has 8 heteroatoms. The number of morpholine rings is 1. The summed E-state index contributed by atoms with van der Waals surface area (Å²) in [5.41, 5.74) is 3.64. The van der Waals surface area contributed by atoms with Gasteiger partial charge in [-0.1, -0.05) is 18.2 Å². The van der Waals surface area contributed by atoms with E-state index in [0.717, 1.165) is 48.5 Å². The van der Waals surface area contributed by atoms with Crippen LogP contribution in [0, 0.1) is 12.7 Å². The quantitative estimate of drug-likeness (QED) is 0.516. The van der Waals surface area contributed by atoms with Crippen LogP contribution in [0.1, 0.15) is 17.5 Å². The van der Waals surface area contributed by atoms with Crippen molar-refractivity contribution < 1.29 is 22.3 Å². The third-order valence-corrected chi connectivity index (χ3v) is 6.51. The molecule has 0 spiro atoms. The monoisotopic (exact) mass is 471 g/mol. The second-order valence-electron chi connectivity index (χ2n) is 8.88. The van der Waals surface area contributed by atoms with Gasteiger partial charge in [-0.15, -0.1) is 0 Å². The number of hydrogen-bond acceptors (Lipinski definition) is 4. The number of aromatic nitrogens is 1. The zero-order chi connectivity index (χ0) is 23.9. The maximum absolute atomic E-state index is 14.3. The number of nitrogens with one attached hydrogen (secondary N) is 1. The van der Waals surface area contributed by atoms with Gasteiger partial charge in [-0.05, 0) is 54.3 Å². The molecule has 1 aromatic heterocycles. The molecule has 2 aromatic carbocycles. The Labute approximate surface area is 195 Å². The maximum atomic E-state index is 14.3. The molecule has 1 unspecified atom stereocenters. The van der Waals surface area contributed by atoms with Crippen LogP contribution in [-0.4, -0.2) is 43.4 Å². The average molecular weight is 471 g/mol. The van der Waals surface area contributed by atoms with E-state index in [9.17, 15) is 17.6 Å². The summed E-state index contributed by atoms with van der Waals surface area (Å²) in [6, 6.07) is 10.2. The molecule has 3 heterocycles. The van der Waals surface area contributed by atoms with Crippen molar-refractivity contribution in [3.8, 4) is 22.3 Å². The van der Waals surface area contributed by atoms with Crippen LogP contribution in [0.4, 0.5) is 23.2 Å². The third kappa shape index (κ3) is 4.52. The fraction of sp³-hybridized carbons (Fsp3) is 0.346. The molecule has 0 saturated carbocycles. The summed E-state index contributed by atoms with van der Waals surface area (Å²) in [4.78, 5) is 6.58. The summed E-state index contributed by atoms with van der Waals surface area (Å²) in [6.45, 7) is 4.63. The summed E-state index contributed by atoms with van der Waals surface area (Å²) < 4.78 is 59.7. The molecule has 178 valence electrons. The van der Waals surface area contributed by atoms with E-state index in [-0.39, 0.29) is 18.0 Å². The molecule has 0 bridgehead atoms. The van der Waals surface area contributed by atoms with E-state index < -0.39 is 11.7 Å². The predicted molar refractivity (Wildman–Crippen MR) is 123 cm³/mol. The van der Waals surface area contributed by atoms with Crippen LogP contribution in [-0.2, 0) is 10.9 Å². The minimum absolute atomic E-state index is 0.00165. The summed E-state index contributed by atoms with van der Waals surface area (Å²) in [7, 11) is 0. The fourth-order valence-electron chi connectivity index (χ4n) is 4.92. The normalized spacial score (nSPS) is 20.8. The first-order valence-corrected chi connectivity index (χ1v) is 11.3. The van der Waals surface area contributed by atoms with Crippen LogP contribution < -0.4 is 10.2 Å². The van der Waals surface area contributed by atoms with Gasteiger partial charge in [0.25, 0.3) is 0 Å². The SMILES string of the molecule is Cc1cc(F)cc(-c2cncc(-c3ccc(C(F)(F)F)cc3)c2N2CC[C@H]3NCCOC3C2)c1. The molecule has 3 aromatic rings. The van der Waals surface area contributed by atoms with E-state index in [1.54, 1.807) is 12.4 Å². The lowest BCUT2D eigenvalue weighted by molar-refractivity contribution is -0.137. The molecular weight excluding hydrogens is 446 g/mol. The van der Waals surface area contributed by atoms with Gasteiger partial charge in [0.2, 0.25) is 0 Å². The minimum Gasteiger partial charge on any atom is -0.373 e. The van der Waals surface area contributed by atoms with Crippen LogP contribution in [0.15, 0.2) is 54.9 Å². The highest BCUT2D eigenvalue weighted by molar-refractivity contribution is 5.90. The van der Waals surface area contributed by atoms with Crippen molar-refractivity contribution in [2.45, 2.75) is 31.7 Å². The Morgan fingerprint density at radius 1 is 1.03 bits per heavy atom. The van der Waals surface area contributed by atoms with E-state index in [1.165, 1.54) is 24.3 Å². The Kier molecular flexibility index (Phi) is 6.04. The largest absolute Gasteiger partial charge is 0.416 e. The number of rotatable bonds is 3. The molecule has 2 saturated heterocycles. The Balaban J connectivity index is 1.63. The first-order valence-electron chi connectivity index (χ1n) is 11.3. The molecule has 0 aliphatic carbocycles. The van der Waals surface area contributed by atoms with Crippen molar-refractivity contribution in [3.63, 3.8) is 0 Å². The summed E-state index contributed by atoms with van der Waals surface area (Å²) in [6.07, 6.45) is -0.185. The third-order valence-electron chi connectivity index (χ3n) is 6.51. The highest BCUT2D eigenvalue weighted by atomic mass is 19.4. The van der Waals surface area contributed by atoms with Crippen molar-refractivity contribution in [3.05, 3.63) is 71.8 Å². The van der Waals surface area contributed by atoms with E-state index in [1.807, 2.05) is 13.0 Å². The Hall–Kier alpha value is -2.97. The summed E-state index contributed by atoms with van der Waals surface area (Å²) in [5, 5.41) is 3.50. The van der Waals surface area contributed by atoms with Crippen molar-refractivity contribution in [2.75, 3.05) is 31.1 Å². The van der Waals surface area contributed by atoms with Crippen LogP contribution >= 0.6 is 0 Å². The lowest BCUT2D eigenvalue weighted by Crippen LogP contribution is -2.57. The van der Waals surface area contributed by atoms with Gasteiger partial charge in [0.1, 0.15) is 5.82 Å².